The van der Waals surface area contributed by atoms with Gasteiger partial charge in [0, 0.05) is 34.2 Å². The van der Waals surface area contributed by atoms with Gasteiger partial charge in [-0.15, -0.1) is 10.2 Å². The van der Waals surface area contributed by atoms with E-state index in [9.17, 15) is 8.42 Å². The van der Waals surface area contributed by atoms with E-state index in [4.69, 9.17) is 23.2 Å². The molecule has 0 saturated carbocycles. The van der Waals surface area contributed by atoms with E-state index >= 15 is 0 Å². The molecule has 164 valence electrons. The van der Waals surface area contributed by atoms with Crippen molar-refractivity contribution in [1.29, 1.82) is 0 Å². The summed E-state index contributed by atoms with van der Waals surface area (Å²) in [5.41, 5.74) is 3.21. The van der Waals surface area contributed by atoms with E-state index in [1.54, 1.807) is 41.2 Å². The first-order chi connectivity index (χ1) is 15.9. The van der Waals surface area contributed by atoms with Crippen molar-refractivity contribution in [2.24, 2.45) is 0 Å². The molecule has 0 fully saturated rings. The molecule has 33 heavy (non-hydrogen) atoms. The molecular weight excluding hydrogens is 483 g/mol. The molecule has 0 unspecified atom stereocenters. The van der Waals surface area contributed by atoms with Gasteiger partial charge in [-0.25, -0.2) is 8.42 Å². The van der Waals surface area contributed by atoms with Gasteiger partial charge in [0.15, 0.2) is 11.5 Å². The van der Waals surface area contributed by atoms with Gasteiger partial charge in [0.25, 0.3) is 10.0 Å². The van der Waals surface area contributed by atoms with Crippen LogP contribution in [0.25, 0.3) is 28.3 Å². The van der Waals surface area contributed by atoms with Crippen molar-refractivity contribution in [3.8, 4) is 22.6 Å². The lowest BCUT2D eigenvalue weighted by atomic mass is 10.1. The molecular formula is C22H14Cl2N6O2S. The Kier molecular flexibility index (Phi) is 5.45. The van der Waals surface area contributed by atoms with E-state index in [1.807, 2.05) is 24.3 Å². The van der Waals surface area contributed by atoms with Gasteiger partial charge >= 0.3 is 0 Å². The van der Waals surface area contributed by atoms with Crippen molar-refractivity contribution in [2.75, 3.05) is 4.72 Å². The number of fused-ring (bicyclic) bond motifs is 1. The molecule has 1 N–H and O–H groups in total. The van der Waals surface area contributed by atoms with Crippen LogP contribution in [0.4, 0.5) is 5.69 Å². The number of hydrogen-bond acceptors (Lipinski definition) is 6. The van der Waals surface area contributed by atoms with Crippen LogP contribution in [0.5, 0.6) is 0 Å². The number of anilines is 1. The van der Waals surface area contributed by atoms with Crippen molar-refractivity contribution >= 4 is 44.6 Å². The summed E-state index contributed by atoms with van der Waals surface area (Å²) in [6.07, 6.45) is 3.37. The number of hydrogen-bond donors (Lipinski definition) is 1. The smallest absolute Gasteiger partial charge is 0.263 e. The first-order valence-electron chi connectivity index (χ1n) is 9.62. The molecule has 2 aromatic carbocycles. The van der Waals surface area contributed by atoms with Crippen molar-refractivity contribution in [3.05, 3.63) is 89.2 Å². The second-order valence-electron chi connectivity index (χ2n) is 7.01. The fourth-order valence-corrected chi connectivity index (χ4v) is 5.04. The fraction of sp³-hybridized carbons (Fsp3) is 0. The summed E-state index contributed by atoms with van der Waals surface area (Å²) in [6, 6.07) is 18.4. The maximum atomic E-state index is 12.7. The van der Waals surface area contributed by atoms with Gasteiger partial charge in [0.2, 0.25) is 0 Å². The van der Waals surface area contributed by atoms with E-state index in [2.05, 4.69) is 25.0 Å². The second kappa shape index (κ2) is 8.43. The van der Waals surface area contributed by atoms with E-state index in [-0.39, 0.29) is 14.9 Å². The molecule has 0 aliphatic carbocycles. The highest BCUT2D eigenvalue weighted by molar-refractivity contribution is 7.92. The van der Waals surface area contributed by atoms with Crippen LogP contribution in [0.1, 0.15) is 0 Å². The standard InChI is InChI=1S/C22H14Cl2N6O2S/c23-16-5-8-18(24)20(12-16)33(31,32)29-17-6-3-14(4-7-17)19-9-10-21-26-27-22(30(21)28-19)15-2-1-11-25-13-15/h1-13,29H. The minimum Gasteiger partial charge on any atom is -0.280 e. The minimum atomic E-state index is -3.91. The van der Waals surface area contributed by atoms with Crippen LogP contribution in [-0.2, 0) is 10.0 Å². The van der Waals surface area contributed by atoms with Crippen molar-refractivity contribution in [1.82, 2.24) is 24.8 Å². The SMILES string of the molecule is O=S(=O)(Nc1ccc(-c2ccc3nnc(-c4cccnc4)n3n2)cc1)c1cc(Cl)ccc1Cl. The zero-order valence-electron chi connectivity index (χ0n) is 16.7. The zero-order chi connectivity index (χ0) is 23.0. The third-order valence-corrected chi connectivity index (χ3v) is 6.90. The third kappa shape index (κ3) is 4.25. The van der Waals surface area contributed by atoms with E-state index in [0.29, 0.717) is 22.9 Å². The lowest BCUT2D eigenvalue weighted by molar-refractivity contribution is 0.601. The fourth-order valence-electron chi connectivity index (χ4n) is 3.22. The Hall–Kier alpha value is -3.53. The van der Waals surface area contributed by atoms with Crippen LogP contribution in [0.3, 0.4) is 0 Å². The summed E-state index contributed by atoms with van der Waals surface area (Å²) in [5, 5.41) is 13.4. The van der Waals surface area contributed by atoms with Crippen LogP contribution in [0, 0.1) is 0 Å². The normalized spacial score (nSPS) is 11.6. The molecule has 0 radical (unpaired) electrons. The summed E-state index contributed by atoms with van der Waals surface area (Å²) in [6.45, 7) is 0. The van der Waals surface area contributed by atoms with Gasteiger partial charge in [-0.2, -0.15) is 9.61 Å². The van der Waals surface area contributed by atoms with Crippen LogP contribution in [0.15, 0.2) is 84.0 Å². The molecule has 3 heterocycles. The molecule has 5 rings (SSSR count). The van der Waals surface area contributed by atoms with Crippen molar-refractivity contribution in [2.45, 2.75) is 4.90 Å². The zero-order valence-corrected chi connectivity index (χ0v) is 19.1. The molecule has 0 aliphatic rings. The van der Waals surface area contributed by atoms with Gasteiger partial charge < -0.3 is 0 Å². The molecule has 0 amide bonds. The quantitative estimate of drug-likeness (QED) is 0.368. The van der Waals surface area contributed by atoms with Gasteiger partial charge in [0.1, 0.15) is 4.90 Å². The van der Waals surface area contributed by atoms with Crippen LogP contribution >= 0.6 is 23.2 Å². The average Bonchev–Trinajstić information content (AvgIpc) is 3.25. The summed E-state index contributed by atoms with van der Waals surface area (Å²) < 4.78 is 29.6. The first-order valence-corrected chi connectivity index (χ1v) is 11.9. The molecule has 0 aliphatic heterocycles. The molecule has 0 bridgehead atoms. The van der Waals surface area contributed by atoms with Crippen molar-refractivity contribution < 1.29 is 8.42 Å². The van der Waals surface area contributed by atoms with Crippen LogP contribution < -0.4 is 4.72 Å². The minimum absolute atomic E-state index is 0.0828. The lowest BCUT2D eigenvalue weighted by Gasteiger charge is -2.10. The highest BCUT2D eigenvalue weighted by atomic mass is 35.5. The largest absolute Gasteiger partial charge is 0.280 e. The number of nitrogens with zero attached hydrogens (tertiary/aromatic N) is 5. The van der Waals surface area contributed by atoms with Gasteiger partial charge in [0.05, 0.1) is 10.7 Å². The molecule has 11 heteroatoms. The predicted molar refractivity (Wildman–Crippen MR) is 127 cm³/mol. The molecule has 0 saturated heterocycles. The number of nitrogens with one attached hydrogen (secondary N) is 1. The summed E-state index contributed by atoms with van der Waals surface area (Å²) in [7, 11) is -3.91. The first kappa shape index (κ1) is 21.3. The molecule has 0 atom stereocenters. The number of rotatable bonds is 5. The van der Waals surface area contributed by atoms with Crippen molar-refractivity contribution in [3.63, 3.8) is 0 Å². The van der Waals surface area contributed by atoms with Gasteiger partial charge in [-0.3, -0.25) is 9.71 Å². The Morgan fingerprint density at radius 3 is 2.45 bits per heavy atom. The number of benzene rings is 2. The Labute approximate surface area is 198 Å². The molecule has 5 aromatic rings. The second-order valence-corrected chi connectivity index (χ2v) is 9.51. The Morgan fingerprint density at radius 2 is 1.70 bits per heavy atom. The average molecular weight is 497 g/mol. The molecule has 3 aromatic heterocycles. The maximum Gasteiger partial charge on any atom is 0.263 e. The highest BCUT2D eigenvalue weighted by Gasteiger charge is 2.19. The van der Waals surface area contributed by atoms with Gasteiger partial charge in [-0.1, -0.05) is 35.3 Å². The lowest BCUT2D eigenvalue weighted by Crippen LogP contribution is -2.13. The topological polar surface area (TPSA) is 102 Å². The summed E-state index contributed by atoms with van der Waals surface area (Å²) in [5.74, 6) is 0.572. The number of pyridine rings is 1. The van der Waals surface area contributed by atoms with Gasteiger partial charge in [-0.05, 0) is 54.6 Å². The highest BCUT2D eigenvalue weighted by Crippen LogP contribution is 2.28. The Balaban J connectivity index is 1.44. The summed E-state index contributed by atoms with van der Waals surface area (Å²) >= 11 is 12.0. The maximum absolute atomic E-state index is 12.7. The number of aromatic nitrogens is 5. The predicted octanol–water partition coefficient (Wildman–Crippen LogP) is 4.96. The van der Waals surface area contributed by atoms with Crippen LogP contribution in [0.2, 0.25) is 10.0 Å². The number of halogens is 2. The van der Waals surface area contributed by atoms with E-state index < -0.39 is 10.0 Å². The van der Waals surface area contributed by atoms with Crippen LogP contribution in [-0.4, -0.2) is 33.2 Å². The van der Waals surface area contributed by atoms with E-state index in [1.165, 1.54) is 18.2 Å². The monoisotopic (exact) mass is 496 g/mol. The Morgan fingerprint density at radius 1 is 0.879 bits per heavy atom. The third-order valence-electron chi connectivity index (χ3n) is 4.80. The summed E-state index contributed by atoms with van der Waals surface area (Å²) in [4.78, 5) is 4.02. The molecule has 0 spiro atoms. The Bertz CT molecular complexity index is 1570. The molecule has 8 nitrogen and oxygen atoms in total. The van der Waals surface area contributed by atoms with E-state index in [0.717, 1.165) is 11.1 Å². The number of sulfonamides is 1.